The van der Waals surface area contributed by atoms with Gasteiger partial charge in [0.25, 0.3) is 0 Å². The van der Waals surface area contributed by atoms with Crippen molar-refractivity contribution >= 4 is 12.6 Å². The van der Waals surface area contributed by atoms with Crippen LogP contribution in [-0.4, -0.2) is 14.8 Å². The minimum atomic E-state index is -2.62. The third-order valence-corrected chi connectivity index (χ3v) is 1.33. The fourth-order valence-electron chi connectivity index (χ4n) is 0.574. The van der Waals surface area contributed by atoms with Gasteiger partial charge in [-0.05, 0) is 6.92 Å². The quantitative estimate of drug-likeness (QED) is 0.700. The van der Waals surface area contributed by atoms with Crippen molar-refractivity contribution in [3.8, 4) is 0 Å². The lowest BCUT2D eigenvalue weighted by Gasteiger charge is -1.96. The molecule has 0 spiro atoms. The van der Waals surface area contributed by atoms with Gasteiger partial charge in [0.15, 0.2) is 5.82 Å². The first kappa shape index (κ1) is 8.45. The van der Waals surface area contributed by atoms with E-state index in [1.54, 1.807) is 6.92 Å². The second-order valence-electron chi connectivity index (χ2n) is 2.04. The van der Waals surface area contributed by atoms with Crippen LogP contribution >= 0.6 is 12.6 Å². The largest absolute Gasteiger partial charge is 0.334 e. The summed E-state index contributed by atoms with van der Waals surface area (Å²) in [7, 11) is 0. The molecule has 0 aromatic carbocycles. The number of nitrogens with zero attached hydrogens (tertiary/aromatic N) is 3. The molecule has 1 aromatic rings. The van der Waals surface area contributed by atoms with E-state index < -0.39 is 6.55 Å². The van der Waals surface area contributed by atoms with Gasteiger partial charge < -0.3 is 0 Å². The van der Waals surface area contributed by atoms with Crippen LogP contribution in [0.1, 0.15) is 24.5 Å². The monoisotopic (exact) mass is 179 g/mol. The SMILES string of the molecule is CC(S)c1ncn(C(F)F)n1. The Balaban J connectivity index is 2.82. The van der Waals surface area contributed by atoms with E-state index in [0.717, 1.165) is 6.33 Å². The minimum absolute atomic E-state index is 0.213. The molecular formula is C5H7F2N3S. The van der Waals surface area contributed by atoms with Gasteiger partial charge in [-0.1, -0.05) is 0 Å². The van der Waals surface area contributed by atoms with Crippen LogP contribution in [0.4, 0.5) is 8.78 Å². The molecule has 0 radical (unpaired) electrons. The topological polar surface area (TPSA) is 30.7 Å². The normalized spacial score (nSPS) is 13.9. The Labute approximate surface area is 67.8 Å². The van der Waals surface area contributed by atoms with E-state index in [1.165, 1.54) is 0 Å². The third-order valence-electron chi connectivity index (χ3n) is 1.10. The van der Waals surface area contributed by atoms with Gasteiger partial charge in [0, 0.05) is 0 Å². The molecule has 62 valence electrons. The maximum absolute atomic E-state index is 11.9. The summed E-state index contributed by atoms with van der Waals surface area (Å²) < 4.78 is 24.3. The van der Waals surface area contributed by atoms with E-state index in [-0.39, 0.29) is 5.25 Å². The molecule has 1 heterocycles. The Morgan fingerprint density at radius 2 is 2.27 bits per heavy atom. The first-order valence-corrected chi connectivity index (χ1v) is 3.50. The maximum atomic E-state index is 11.9. The number of halogens is 2. The van der Waals surface area contributed by atoms with Crippen molar-refractivity contribution < 1.29 is 8.78 Å². The van der Waals surface area contributed by atoms with Crippen LogP contribution in [0.5, 0.6) is 0 Å². The molecule has 0 aliphatic heterocycles. The van der Waals surface area contributed by atoms with Crippen LogP contribution in [0.25, 0.3) is 0 Å². The fourth-order valence-corrected chi connectivity index (χ4v) is 0.692. The molecule has 1 unspecified atom stereocenters. The molecule has 0 N–H and O–H groups in total. The molecule has 1 atom stereocenters. The summed E-state index contributed by atoms with van der Waals surface area (Å²) in [6.07, 6.45) is 0.993. The summed E-state index contributed by atoms with van der Waals surface area (Å²) >= 11 is 3.99. The van der Waals surface area contributed by atoms with Crippen LogP contribution in [0.2, 0.25) is 0 Å². The zero-order valence-electron chi connectivity index (χ0n) is 5.78. The Morgan fingerprint density at radius 1 is 1.64 bits per heavy atom. The zero-order chi connectivity index (χ0) is 8.43. The van der Waals surface area contributed by atoms with Gasteiger partial charge in [-0.15, -0.1) is 0 Å². The van der Waals surface area contributed by atoms with Crippen LogP contribution in [0.3, 0.4) is 0 Å². The summed E-state index contributed by atoms with van der Waals surface area (Å²) in [5.41, 5.74) is 0. The second kappa shape index (κ2) is 3.17. The summed E-state index contributed by atoms with van der Waals surface area (Å²) in [5, 5.41) is 3.28. The number of rotatable bonds is 2. The van der Waals surface area contributed by atoms with Crippen molar-refractivity contribution in [3.63, 3.8) is 0 Å². The molecule has 11 heavy (non-hydrogen) atoms. The molecule has 0 fully saturated rings. The smallest absolute Gasteiger partial charge is 0.219 e. The van der Waals surface area contributed by atoms with Crippen molar-refractivity contribution in [3.05, 3.63) is 12.2 Å². The van der Waals surface area contributed by atoms with E-state index in [0.29, 0.717) is 10.5 Å². The van der Waals surface area contributed by atoms with Crippen LogP contribution in [0, 0.1) is 0 Å². The van der Waals surface area contributed by atoms with Crippen molar-refractivity contribution in [2.45, 2.75) is 18.7 Å². The first-order valence-electron chi connectivity index (χ1n) is 2.98. The highest BCUT2D eigenvalue weighted by Gasteiger charge is 2.10. The lowest BCUT2D eigenvalue weighted by molar-refractivity contribution is 0.0559. The van der Waals surface area contributed by atoms with E-state index >= 15 is 0 Å². The van der Waals surface area contributed by atoms with E-state index in [4.69, 9.17) is 0 Å². The van der Waals surface area contributed by atoms with Crippen molar-refractivity contribution in [1.29, 1.82) is 0 Å². The average molecular weight is 179 g/mol. The van der Waals surface area contributed by atoms with Crippen molar-refractivity contribution in [1.82, 2.24) is 14.8 Å². The first-order chi connectivity index (χ1) is 5.11. The molecule has 0 bridgehead atoms. The van der Waals surface area contributed by atoms with Gasteiger partial charge in [-0.3, -0.25) is 0 Å². The van der Waals surface area contributed by atoms with Gasteiger partial charge in [-0.25, -0.2) is 4.98 Å². The molecule has 0 saturated heterocycles. The zero-order valence-corrected chi connectivity index (χ0v) is 6.67. The summed E-state index contributed by atoms with van der Waals surface area (Å²) in [6, 6.07) is 0. The number of thiol groups is 1. The third kappa shape index (κ3) is 1.89. The van der Waals surface area contributed by atoms with Gasteiger partial charge in [0.05, 0.1) is 5.25 Å². The van der Waals surface area contributed by atoms with E-state index in [1.807, 2.05) is 0 Å². The van der Waals surface area contributed by atoms with Crippen molar-refractivity contribution in [2.24, 2.45) is 0 Å². The molecule has 6 heteroatoms. The average Bonchev–Trinajstić information content (AvgIpc) is 2.33. The Bertz CT molecular complexity index is 213. The second-order valence-corrected chi connectivity index (χ2v) is 2.81. The molecular weight excluding hydrogens is 172 g/mol. The molecule has 1 rings (SSSR count). The fraction of sp³-hybridized carbons (Fsp3) is 0.600. The van der Waals surface area contributed by atoms with Gasteiger partial charge in [0.1, 0.15) is 6.33 Å². The molecule has 0 aliphatic rings. The molecule has 0 saturated carbocycles. The Hall–Kier alpha value is -0.650. The number of hydrogen-bond acceptors (Lipinski definition) is 3. The standard InChI is InChI=1S/C5H7F2N3S/c1-3(11)4-8-2-10(9-4)5(6)7/h2-3,5,11H,1H3. The van der Waals surface area contributed by atoms with E-state index in [2.05, 4.69) is 22.7 Å². The van der Waals surface area contributed by atoms with Gasteiger partial charge >= 0.3 is 6.55 Å². The maximum Gasteiger partial charge on any atom is 0.334 e. The number of aromatic nitrogens is 3. The molecule has 3 nitrogen and oxygen atoms in total. The highest BCUT2D eigenvalue weighted by molar-refractivity contribution is 7.80. The summed E-state index contributed by atoms with van der Waals surface area (Å²) in [5.74, 6) is 0.314. The Morgan fingerprint density at radius 3 is 2.55 bits per heavy atom. The highest BCUT2D eigenvalue weighted by atomic mass is 32.1. The molecule has 0 amide bonds. The summed E-state index contributed by atoms with van der Waals surface area (Å²) in [4.78, 5) is 3.63. The Kier molecular flexibility index (Phi) is 2.43. The highest BCUT2D eigenvalue weighted by Crippen LogP contribution is 2.15. The van der Waals surface area contributed by atoms with Crippen molar-refractivity contribution in [2.75, 3.05) is 0 Å². The lowest BCUT2D eigenvalue weighted by atomic mass is 10.5. The predicted octanol–water partition coefficient (Wildman–Crippen LogP) is 1.66. The van der Waals surface area contributed by atoms with E-state index in [9.17, 15) is 8.78 Å². The lowest BCUT2D eigenvalue weighted by Crippen LogP contribution is -1.99. The van der Waals surface area contributed by atoms with Crippen LogP contribution in [0.15, 0.2) is 6.33 Å². The van der Waals surface area contributed by atoms with Crippen LogP contribution in [-0.2, 0) is 0 Å². The number of alkyl halides is 2. The predicted molar refractivity (Wildman–Crippen MR) is 38.7 cm³/mol. The minimum Gasteiger partial charge on any atom is -0.219 e. The molecule has 1 aromatic heterocycles. The van der Waals surface area contributed by atoms with Gasteiger partial charge in [-0.2, -0.15) is 31.2 Å². The molecule has 0 aliphatic carbocycles. The number of hydrogen-bond donors (Lipinski definition) is 1. The summed E-state index contributed by atoms with van der Waals surface area (Å²) in [6.45, 7) is -0.905. The van der Waals surface area contributed by atoms with Crippen LogP contribution < -0.4 is 0 Å². The van der Waals surface area contributed by atoms with Gasteiger partial charge in [0.2, 0.25) is 0 Å².